The fourth-order valence-electron chi connectivity index (χ4n) is 4.50. The van der Waals surface area contributed by atoms with Gasteiger partial charge in [-0.25, -0.2) is 4.39 Å². The van der Waals surface area contributed by atoms with Gasteiger partial charge in [0.2, 0.25) is 0 Å². The lowest BCUT2D eigenvalue weighted by Crippen LogP contribution is -2.33. The van der Waals surface area contributed by atoms with Gasteiger partial charge < -0.3 is 9.64 Å². The first-order valence-electron chi connectivity index (χ1n) is 9.87. The van der Waals surface area contributed by atoms with Gasteiger partial charge in [0.1, 0.15) is 11.4 Å². The van der Waals surface area contributed by atoms with Crippen LogP contribution in [0.5, 0.6) is 0 Å². The van der Waals surface area contributed by atoms with Gasteiger partial charge in [-0.15, -0.1) is 0 Å². The molecule has 2 heterocycles. The molecule has 0 aliphatic carbocycles. The van der Waals surface area contributed by atoms with Gasteiger partial charge in [0.05, 0.1) is 18.2 Å². The Morgan fingerprint density at radius 2 is 1.85 bits per heavy atom. The van der Waals surface area contributed by atoms with Crippen molar-refractivity contribution >= 4 is 0 Å². The minimum absolute atomic E-state index is 0.236. The van der Waals surface area contributed by atoms with E-state index in [9.17, 15) is 9.65 Å². The van der Waals surface area contributed by atoms with Gasteiger partial charge in [0.25, 0.3) is 0 Å². The minimum Gasteiger partial charge on any atom is -0.361 e. The number of likely N-dealkylation sites (tertiary alicyclic amines) is 1. The molecule has 0 bridgehead atoms. The topological polar surface area (TPSA) is 36.3 Å². The number of rotatable bonds is 5. The third-order valence-corrected chi connectivity index (χ3v) is 5.91. The van der Waals surface area contributed by atoms with Crippen molar-refractivity contribution in [2.45, 2.75) is 44.3 Å². The van der Waals surface area contributed by atoms with E-state index in [2.05, 4.69) is 11.0 Å². The number of hydrogen-bond donors (Lipinski definition) is 0. The van der Waals surface area contributed by atoms with Gasteiger partial charge in [-0.2, -0.15) is 5.26 Å². The first-order valence-corrected chi connectivity index (χ1v) is 9.87. The summed E-state index contributed by atoms with van der Waals surface area (Å²) >= 11 is 0. The zero-order valence-electron chi connectivity index (χ0n) is 15.6. The van der Waals surface area contributed by atoms with Gasteiger partial charge in [0, 0.05) is 0 Å². The Morgan fingerprint density at radius 1 is 1.07 bits per heavy atom. The predicted octanol–water partition coefficient (Wildman–Crippen LogP) is 4.74. The molecule has 27 heavy (non-hydrogen) atoms. The summed E-state index contributed by atoms with van der Waals surface area (Å²) in [4.78, 5) is 2.54. The van der Waals surface area contributed by atoms with Crippen LogP contribution in [0.1, 0.15) is 54.4 Å². The molecule has 2 aliphatic heterocycles. The fraction of sp³-hybridized carbons (Fsp3) is 0.435. The van der Waals surface area contributed by atoms with E-state index in [1.807, 2.05) is 30.3 Å². The molecule has 0 spiro atoms. The van der Waals surface area contributed by atoms with Gasteiger partial charge in [-0.1, -0.05) is 24.6 Å². The van der Waals surface area contributed by atoms with E-state index < -0.39 is 5.60 Å². The predicted molar refractivity (Wildman–Crippen MR) is 103 cm³/mol. The molecule has 2 aromatic rings. The lowest BCUT2D eigenvalue weighted by Gasteiger charge is -2.32. The quantitative estimate of drug-likeness (QED) is 0.769. The number of halogens is 1. The molecular weight excluding hydrogens is 339 g/mol. The van der Waals surface area contributed by atoms with Crippen LogP contribution in [0.4, 0.5) is 4.39 Å². The molecule has 4 heteroatoms. The van der Waals surface area contributed by atoms with Gasteiger partial charge >= 0.3 is 0 Å². The molecule has 2 aliphatic rings. The zero-order valence-corrected chi connectivity index (χ0v) is 15.6. The molecule has 1 unspecified atom stereocenters. The Kier molecular flexibility index (Phi) is 5.24. The molecular formula is C23H25FN2O. The largest absolute Gasteiger partial charge is 0.361 e. The molecule has 0 N–H and O–H groups in total. The maximum Gasteiger partial charge on any atom is 0.123 e. The number of fused-ring (bicyclic) bond motifs is 1. The van der Waals surface area contributed by atoms with Crippen LogP contribution in [0.25, 0.3) is 0 Å². The van der Waals surface area contributed by atoms with Crippen molar-refractivity contribution < 1.29 is 9.13 Å². The van der Waals surface area contributed by atoms with E-state index in [0.717, 1.165) is 36.1 Å². The van der Waals surface area contributed by atoms with Crippen molar-refractivity contribution in [1.29, 1.82) is 5.26 Å². The molecule has 1 atom stereocenters. The molecule has 140 valence electrons. The first-order chi connectivity index (χ1) is 13.2. The smallest absolute Gasteiger partial charge is 0.123 e. The van der Waals surface area contributed by atoms with E-state index in [1.165, 1.54) is 44.5 Å². The molecule has 3 nitrogen and oxygen atoms in total. The van der Waals surface area contributed by atoms with Gasteiger partial charge in [0.15, 0.2) is 0 Å². The number of benzene rings is 2. The van der Waals surface area contributed by atoms with E-state index >= 15 is 0 Å². The summed E-state index contributed by atoms with van der Waals surface area (Å²) in [6.45, 7) is 3.93. The van der Waals surface area contributed by atoms with E-state index in [0.29, 0.717) is 12.2 Å². The molecule has 0 aromatic heterocycles. The molecule has 0 amide bonds. The first kappa shape index (κ1) is 18.2. The maximum atomic E-state index is 13.5. The molecule has 2 aromatic carbocycles. The lowest BCUT2D eigenvalue weighted by atomic mass is 9.81. The van der Waals surface area contributed by atoms with Crippen LogP contribution in [0.2, 0.25) is 0 Å². The van der Waals surface area contributed by atoms with Crippen molar-refractivity contribution in [3.05, 3.63) is 70.5 Å². The molecule has 1 saturated heterocycles. The van der Waals surface area contributed by atoms with E-state index in [1.54, 1.807) is 0 Å². The lowest BCUT2D eigenvalue weighted by molar-refractivity contribution is -0.0148. The summed E-state index contributed by atoms with van der Waals surface area (Å²) in [5.74, 6) is -0.236. The van der Waals surface area contributed by atoms with Crippen LogP contribution in [-0.4, -0.2) is 24.5 Å². The second-order valence-electron chi connectivity index (χ2n) is 7.61. The Hall–Kier alpha value is -2.22. The van der Waals surface area contributed by atoms with Crippen LogP contribution in [-0.2, 0) is 16.9 Å². The summed E-state index contributed by atoms with van der Waals surface area (Å²) in [6.07, 6.45) is 5.80. The van der Waals surface area contributed by atoms with Gasteiger partial charge in [-0.05, 0) is 86.3 Å². The van der Waals surface area contributed by atoms with Crippen LogP contribution < -0.4 is 0 Å². The summed E-state index contributed by atoms with van der Waals surface area (Å²) < 4.78 is 19.9. The second-order valence-corrected chi connectivity index (χ2v) is 7.61. The number of hydrogen-bond acceptors (Lipinski definition) is 3. The van der Waals surface area contributed by atoms with Crippen LogP contribution >= 0.6 is 0 Å². The summed E-state index contributed by atoms with van der Waals surface area (Å²) in [5.41, 5.74) is 3.28. The van der Waals surface area contributed by atoms with Crippen molar-refractivity contribution in [1.82, 2.24) is 4.90 Å². The Morgan fingerprint density at radius 3 is 2.59 bits per heavy atom. The van der Waals surface area contributed by atoms with E-state index in [4.69, 9.17) is 4.74 Å². The summed E-state index contributed by atoms with van der Waals surface area (Å²) in [6, 6.07) is 14.7. The number of nitrogens with zero attached hydrogens (tertiary/aromatic N) is 2. The Bertz CT molecular complexity index is 836. The summed E-state index contributed by atoms with van der Waals surface area (Å²) in [5, 5.41) is 9.19. The third-order valence-electron chi connectivity index (χ3n) is 5.91. The highest BCUT2D eigenvalue weighted by atomic mass is 19.1. The van der Waals surface area contributed by atoms with Crippen molar-refractivity contribution in [2.24, 2.45) is 0 Å². The highest BCUT2D eigenvalue weighted by molar-refractivity contribution is 5.47. The fourth-order valence-corrected chi connectivity index (χ4v) is 4.50. The maximum absolute atomic E-state index is 13.5. The van der Waals surface area contributed by atoms with Crippen LogP contribution in [0.15, 0.2) is 42.5 Å². The van der Waals surface area contributed by atoms with Crippen molar-refractivity contribution in [3.8, 4) is 6.07 Å². The highest BCUT2D eigenvalue weighted by Crippen LogP contribution is 2.45. The van der Waals surface area contributed by atoms with E-state index in [-0.39, 0.29) is 5.82 Å². The zero-order chi connectivity index (χ0) is 18.7. The summed E-state index contributed by atoms with van der Waals surface area (Å²) in [7, 11) is 0. The number of piperidine rings is 1. The molecule has 4 rings (SSSR count). The molecule has 0 saturated carbocycles. The highest BCUT2D eigenvalue weighted by Gasteiger charge is 2.41. The second kappa shape index (κ2) is 7.80. The van der Waals surface area contributed by atoms with Crippen LogP contribution in [0, 0.1) is 17.1 Å². The standard InChI is InChI=1S/C23H25FN2O/c24-21-8-6-20(7-9-21)23(11-4-14-26-12-2-1-3-13-26)22-10-5-18(16-25)15-19(22)17-27-23/h5-10,15H,1-4,11-14,17H2. The number of nitriles is 1. The SMILES string of the molecule is N#Cc1ccc2c(c1)COC2(CCCN1CCCCC1)c1ccc(F)cc1. The monoisotopic (exact) mass is 364 g/mol. The molecule has 0 radical (unpaired) electrons. The van der Waals surface area contributed by atoms with Crippen molar-refractivity contribution in [2.75, 3.05) is 19.6 Å². The van der Waals surface area contributed by atoms with Crippen molar-refractivity contribution in [3.63, 3.8) is 0 Å². The minimum atomic E-state index is -0.549. The average Bonchev–Trinajstić information content (AvgIpc) is 3.08. The number of ether oxygens (including phenoxy) is 1. The average molecular weight is 364 g/mol. The third kappa shape index (κ3) is 3.63. The Balaban J connectivity index is 1.61. The van der Waals surface area contributed by atoms with Crippen LogP contribution in [0.3, 0.4) is 0 Å². The Labute approximate surface area is 160 Å². The molecule has 1 fully saturated rings. The normalized spacial score (nSPS) is 22.4. The van der Waals surface area contributed by atoms with Gasteiger partial charge in [-0.3, -0.25) is 0 Å².